The second-order valence-electron chi connectivity index (χ2n) is 7.88. The zero-order valence-corrected chi connectivity index (χ0v) is 21.8. The van der Waals surface area contributed by atoms with Crippen LogP contribution < -0.4 is 15.4 Å². The van der Waals surface area contributed by atoms with Gasteiger partial charge in [-0.05, 0) is 29.7 Å². The number of morpholine rings is 1. The van der Waals surface area contributed by atoms with E-state index in [1.54, 1.807) is 7.11 Å². The molecule has 32 heavy (non-hydrogen) atoms. The van der Waals surface area contributed by atoms with E-state index in [4.69, 9.17) is 14.5 Å². The third kappa shape index (κ3) is 7.94. The SMILES string of the molecule is CCNC(=NCc1ccccc1CN1CCOCC1)NCC(C)c1ccccc1OC.I. The second-order valence-corrected chi connectivity index (χ2v) is 7.88. The van der Waals surface area contributed by atoms with Gasteiger partial charge in [-0.3, -0.25) is 4.90 Å². The van der Waals surface area contributed by atoms with E-state index in [1.807, 2.05) is 12.1 Å². The quantitative estimate of drug-likeness (QED) is 0.280. The molecule has 1 saturated heterocycles. The van der Waals surface area contributed by atoms with Crippen LogP contribution in [0.15, 0.2) is 53.5 Å². The monoisotopic (exact) mass is 552 g/mol. The molecule has 0 aliphatic carbocycles. The molecular formula is C25H37IN4O2. The molecule has 0 bridgehead atoms. The lowest BCUT2D eigenvalue weighted by Crippen LogP contribution is -2.39. The van der Waals surface area contributed by atoms with E-state index in [1.165, 1.54) is 16.7 Å². The minimum Gasteiger partial charge on any atom is -0.496 e. The lowest BCUT2D eigenvalue weighted by Gasteiger charge is -2.27. The van der Waals surface area contributed by atoms with Gasteiger partial charge in [0.25, 0.3) is 0 Å². The first kappa shape index (κ1) is 26.4. The van der Waals surface area contributed by atoms with Crippen LogP contribution in [0.2, 0.25) is 0 Å². The molecule has 1 unspecified atom stereocenters. The summed E-state index contributed by atoms with van der Waals surface area (Å²) in [6, 6.07) is 16.8. The van der Waals surface area contributed by atoms with Crippen LogP contribution in [0.5, 0.6) is 5.75 Å². The van der Waals surface area contributed by atoms with E-state index < -0.39 is 0 Å². The molecule has 0 aromatic heterocycles. The van der Waals surface area contributed by atoms with Crippen LogP contribution in [0, 0.1) is 0 Å². The van der Waals surface area contributed by atoms with Crippen molar-refractivity contribution < 1.29 is 9.47 Å². The average molecular weight is 553 g/mol. The Morgan fingerprint density at radius 1 is 1.06 bits per heavy atom. The van der Waals surface area contributed by atoms with Gasteiger partial charge in [0, 0.05) is 38.6 Å². The Labute approximate surface area is 209 Å². The van der Waals surface area contributed by atoms with Crippen LogP contribution >= 0.6 is 24.0 Å². The molecule has 1 aliphatic heterocycles. The maximum Gasteiger partial charge on any atom is 0.191 e. The Morgan fingerprint density at radius 2 is 1.75 bits per heavy atom. The fourth-order valence-corrected chi connectivity index (χ4v) is 3.81. The summed E-state index contributed by atoms with van der Waals surface area (Å²) < 4.78 is 11.0. The van der Waals surface area contributed by atoms with Crippen LogP contribution in [0.3, 0.4) is 0 Å². The van der Waals surface area contributed by atoms with Gasteiger partial charge in [0.2, 0.25) is 0 Å². The van der Waals surface area contributed by atoms with Gasteiger partial charge in [-0.1, -0.05) is 49.4 Å². The first-order chi connectivity index (χ1) is 15.2. The van der Waals surface area contributed by atoms with Crippen molar-refractivity contribution in [1.82, 2.24) is 15.5 Å². The number of benzene rings is 2. The standard InChI is InChI=1S/C25H36N4O2.HI/c1-4-26-25(27-17-20(2)23-11-7-8-12-24(23)30-3)28-18-21-9-5-6-10-22(21)19-29-13-15-31-16-14-29;/h5-12,20H,4,13-19H2,1-3H3,(H2,26,27,28);1H. The predicted molar refractivity (Wildman–Crippen MR) is 142 cm³/mol. The Balaban J connectivity index is 0.00000363. The third-order valence-corrected chi connectivity index (χ3v) is 5.61. The average Bonchev–Trinajstić information content (AvgIpc) is 2.82. The Bertz CT molecular complexity index is 840. The number of aliphatic imine (C=N–C) groups is 1. The van der Waals surface area contributed by atoms with Crippen molar-refractivity contribution in [3.8, 4) is 5.75 Å². The van der Waals surface area contributed by atoms with Gasteiger partial charge < -0.3 is 20.1 Å². The normalized spacial score (nSPS) is 15.5. The molecule has 1 aliphatic rings. The van der Waals surface area contributed by atoms with Gasteiger partial charge in [-0.15, -0.1) is 24.0 Å². The van der Waals surface area contributed by atoms with Gasteiger partial charge in [0.05, 0.1) is 26.9 Å². The van der Waals surface area contributed by atoms with E-state index in [-0.39, 0.29) is 24.0 Å². The molecule has 6 nitrogen and oxygen atoms in total. The lowest BCUT2D eigenvalue weighted by molar-refractivity contribution is 0.0341. The maximum absolute atomic E-state index is 5.52. The number of para-hydroxylation sites is 1. The molecule has 1 fully saturated rings. The summed E-state index contributed by atoms with van der Waals surface area (Å²) in [5.41, 5.74) is 3.81. The molecule has 0 amide bonds. The van der Waals surface area contributed by atoms with Gasteiger partial charge in [-0.25, -0.2) is 4.99 Å². The maximum atomic E-state index is 5.52. The van der Waals surface area contributed by atoms with Crippen LogP contribution in [0.1, 0.15) is 36.5 Å². The van der Waals surface area contributed by atoms with Crippen molar-refractivity contribution in [3.05, 3.63) is 65.2 Å². The van der Waals surface area contributed by atoms with Crippen molar-refractivity contribution in [1.29, 1.82) is 0 Å². The number of nitrogens with one attached hydrogen (secondary N) is 2. The summed E-state index contributed by atoms with van der Waals surface area (Å²) in [5, 5.41) is 6.87. The number of halogens is 1. The first-order valence-corrected chi connectivity index (χ1v) is 11.2. The topological polar surface area (TPSA) is 58.1 Å². The van der Waals surface area contributed by atoms with E-state index in [9.17, 15) is 0 Å². The summed E-state index contributed by atoms with van der Waals surface area (Å²) in [7, 11) is 1.72. The molecule has 0 radical (unpaired) electrons. The smallest absolute Gasteiger partial charge is 0.191 e. The van der Waals surface area contributed by atoms with Gasteiger partial charge in [0.15, 0.2) is 5.96 Å². The number of nitrogens with zero attached hydrogens (tertiary/aromatic N) is 2. The van der Waals surface area contributed by atoms with Crippen LogP contribution in [-0.4, -0.2) is 57.4 Å². The summed E-state index contributed by atoms with van der Waals surface area (Å²) >= 11 is 0. The number of methoxy groups -OCH3 is 1. The number of ether oxygens (including phenoxy) is 2. The minimum absolute atomic E-state index is 0. The summed E-state index contributed by atoms with van der Waals surface area (Å²) in [5.74, 6) is 2.06. The van der Waals surface area contributed by atoms with Crippen molar-refractivity contribution >= 4 is 29.9 Å². The Morgan fingerprint density at radius 3 is 2.47 bits per heavy atom. The molecule has 2 N–H and O–H groups in total. The van der Waals surface area contributed by atoms with Gasteiger partial charge in [-0.2, -0.15) is 0 Å². The largest absolute Gasteiger partial charge is 0.496 e. The van der Waals surface area contributed by atoms with Crippen molar-refractivity contribution in [2.24, 2.45) is 4.99 Å². The van der Waals surface area contributed by atoms with Gasteiger partial charge >= 0.3 is 0 Å². The van der Waals surface area contributed by atoms with Crippen molar-refractivity contribution in [2.75, 3.05) is 46.5 Å². The molecule has 0 saturated carbocycles. The lowest BCUT2D eigenvalue weighted by atomic mass is 10.0. The molecule has 3 rings (SSSR count). The minimum atomic E-state index is 0. The fourth-order valence-electron chi connectivity index (χ4n) is 3.81. The summed E-state index contributed by atoms with van der Waals surface area (Å²) in [4.78, 5) is 7.31. The highest BCUT2D eigenvalue weighted by Crippen LogP contribution is 2.25. The first-order valence-electron chi connectivity index (χ1n) is 11.2. The van der Waals surface area contributed by atoms with E-state index in [0.29, 0.717) is 12.5 Å². The zero-order valence-electron chi connectivity index (χ0n) is 19.5. The van der Waals surface area contributed by atoms with Crippen molar-refractivity contribution in [3.63, 3.8) is 0 Å². The molecule has 2 aromatic rings. The highest BCUT2D eigenvalue weighted by atomic mass is 127. The van der Waals surface area contributed by atoms with Crippen LogP contribution in [0.25, 0.3) is 0 Å². The summed E-state index contributed by atoms with van der Waals surface area (Å²) in [6.07, 6.45) is 0. The molecule has 7 heteroatoms. The predicted octanol–water partition coefficient (Wildman–Crippen LogP) is 4.00. The molecular weight excluding hydrogens is 515 g/mol. The Kier molecular flexibility index (Phi) is 11.8. The molecule has 1 atom stereocenters. The number of hydrogen-bond donors (Lipinski definition) is 2. The van der Waals surface area contributed by atoms with Crippen LogP contribution in [-0.2, 0) is 17.8 Å². The van der Waals surface area contributed by atoms with E-state index >= 15 is 0 Å². The summed E-state index contributed by atoms with van der Waals surface area (Å²) in [6.45, 7) is 11.1. The molecule has 0 spiro atoms. The molecule has 1 heterocycles. The number of guanidine groups is 1. The van der Waals surface area contributed by atoms with Crippen molar-refractivity contribution in [2.45, 2.75) is 32.9 Å². The zero-order chi connectivity index (χ0) is 21.9. The van der Waals surface area contributed by atoms with Crippen LogP contribution in [0.4, 0.5) is 0 Å². The third-order valence-electron chi connectivity index (χ3n) is 5.61. The highest BCUT2D eigenvalue weighted by Gasteiger charge is 2.14. The van der Waals surface area contributed by atoms with E-state index in [2.05, 4.69) is 65.8 Å². The fraction of sp³-hybridized carbons (Fsp3) is 0.480. The molecule has 2 aromatic carbocycles. The second kappa shape index (κ2) is 14.3. The highest BCUT2D eigenvalue weighted by molar-refractivity contribution is 14.0. The van der Waals surface area contributed by atoms with E-state index in [0.717, 1.165) is 57.6 Å². The number of rotatable bonds is 9. The van der Waals surface area contributed by atoms with Gasteiger partial charge in [0.1, 0.15) is 5.75 Å². The molecule has 176 valence electrons. The number of hydrogen-bond acceptors (Lipinski definition) is 4. The Hall–Kier alpha value is -1.84.